The molecule has 4 rings (SSSR count). The SMILES string of the molecule is Cc1ccc(-c2nn(-c3ccc(F)cc3)cc2C(=O)N2CCCC(N(C)C)C2)cc1. The molecule has 1 unspecified atom stereocenters. The minimum absolute atomic E-state index is 0.00881. The Kier molecular flexibility index (Phi) is 5.68. The molecule has 1 aliphatic rings. The Morgan fingerprint density at radius 1 is 1.10 bits per heavy atom. The first-order valence-electron chi connectivity index (χ1n) is 10.3. The number of rotatable bonds is 4. The van der Waals surface area contributed by atoms with Gasteiger partial charge in [-0.3, -0.25) is 4.79 Å². The number of piperidine rings is 1. The van der Waals surface area contributed by atoms with Crippen molar-refractivity contribution in [2.75, 3.05) is 27.2 Å². The molecule has 1 atom stereocenters. The average molecular weight is 407 g/mol. The molecule has 0 N–H and O–H groups in total. The molecule has 1 aliphatic heterocycles. The Labute approximate surface area is 176 Å². The van der Waals surface area contributed by atoms with Gasteiger partial charge in [-0.05, 0) is 58.1 Å². The van der Waals surface area contributed by atoms with Crippen LogP contribution >= 0.6 is 0 Å². The first kappa shape index (κ1) is 20.3. The van der Waals surface area contributed by atoms with E-state index in [-0.39, 0.29) is 11.7 Å². The van der Waals surface area contributed by atoms with E-state index in [2.05, 4.69) is 19.0 Å². The maximum atomic E-state index is 13.5. The molecule has 2 aromatic carbocycles. The number of benzene rings is 2. The second-order valence-electron chi connectivity index (χ2n) is 8.19. The van der Waals surface area contributed by atoms with Crippen LogP contribution < -0.4 is 0 Å². The number of halogens is 1. The Balaban J connectivity index is 1.74. The maximum Gasteiger partial charge on any atom is 0.257 e. The number of carbonyl (C=O) groups excluding carboxylic acids is 1. The molecule has 0 bridgehead atoms. The Bertz CT molecular complexity index is 1020. The van der Waals surface area contributed by atoms with E-state index in [1.807, 2.05) is 36.1 Å². The van der Waals surface area contributed by atoms with E-state index in [9.17, 15) is 9.18 Å². The normalized spacial score (nSPS) is 16.8. The van der Waals surface area contributed by atoms with Gasteiger partial charge in [0.15, 0.2) is 0 Å². The summed E-state index contributed by atoms with van der Waals surface area (Å²) in [6, 6.07) is 14.5. The third-order valence-corrected chi connectivity index (χ3v) is 5.77. The minimum Gasteiger partial charge on any atom is -0.337 e. The molecule has 2 heterocycles. The Hall–Kier alpha value is -2.99. The number of aryl methyl sites for hydroxylation is 1. The number of hydrogen-bond donors (Lipinski definition) is 0. The molecule has 0 aliphatic carbocycles. The number of aromatic nitrogens is 2. The zero-order chi connectivity index (χ0) is 21.3. The smallest absolute Gasteiger partial charge is 0.257 e. The highest BCUT2D eigenvalue weighted by molar-refractivity contribution is 6.00. The van der Waals surface area contributed by atoms with E-state index < -0.39 is 0 Å². The van der Waals surface area contributed by atoms with Gasteiger partial charge < -0.3 is 9.80 Å². The summed E-state index contributed by atoms with van der Waals surface area (Å²) >= 11 is 0. The summed E-state index contributed by atoms with van der Waals surface area (Å²) in [4.78, 5) is 17.6. The zero-order valence-electron chi connectivity index (χ0n) is 17.7. The van der Waals surface area contributed by atoms with Crippen LogP contribution in [-0.4, -0.2) is 58.7 Å². The Morgan fingerprint density at radius 2 is 1.80 bits per heavy atom. The van der Waals surface area contributed by atoms with E-state index in [1.165, 1.54) is 12.1 Å². The molecule has 1 fully saturated rings. The highest BCUT2D eigenvalue weighted by Gasteiger charge is 2.28. The lowest BCUT2D eigenvalue weighted by molar-refractivity contribution is 0.0636. The van der Waals surface area contributed by atoms with Gasteiger partial charge in [0.25, 0.3) is 5.91 Å². The van der Waals surface area contributed by atoms with Crippen molar-refractivity contribution >= 4 is 5.91 Å². The first-order chi connectivity index (χ1) is 14.4. The van der Waals surface area contributed by atoms with Crippen LogP contribution in [0.2, 0.25) is 0 Å². The number of nitrogens with zero attached hydrogens (tertiary/aromatic N) is 4. The van der Waals surface area contributed by atoms with Crippen LogP contribution in [0.3, 0.4) is 0 Å². The van der Waals surface area contributed by atoms with Crippen molar-refractivity contribution in [1.29, 1.82) is 0 Å². The molecule has 30 heavy (non-hydrogen) atoms. The van der Waals surface area contributed by atoms with Crippen molar-refractivity contribution in [3.8, 4) is 16.9 Å². The van der Waals surface area contributed by atoms with Crippen LogP contribution in [0, 0.1) is 12.7 Å². The molecule has 1 saturated heterocycles. The van der Waals surface area contributed by atoms with E-state index in [0.717, 1.165) is 30.5 Å². The predicted molar refractivity (Wildman–Crippen MR) is 116 cm³/mol. The fourth-order valence-electron chi connectivity index (χ4n) is 3.91. The van der Waals surface area contributed by atoms with Crippen LogP contribution in [0.4, 0.5) is 4.39 Å². The van der Waals surface area contributed by atoms with E-state index in [4.69, 9.17) is 5.10 Å². The summed E-state index contributed by atoms with van der Waals surface area (Å²) in [6.45, 7) is 3.49. The quantitative estimate of drug-likeness (QED) is 0.654. The molecule has 3 aromatic rings. The van der Waals surface area contributed by atoms with Gasteiger partial charge in [0.05, 0.1) is 11.3 Å². The lowest BCUT2D eigenvalue weighted by atomic mass is 10.0. The summed E-state index contributed by atoms with van der Waals surface area (Å²) in [5, 5.41) is 4.72. The van der Waals surface area contributed by atoms with Crippen molar-refractivity contribution in [1.82, 2.24) is 19.6 Å². The third kappa shape index (κ3) is 4.14. The van der Waals surface area contributed by atoms with Gasteiger partial charge in [0, 0.05) is 30.9 Å². The third-order valence-electron chi connectivity index (χ3n) is 5.77. The molecule has 1 amide bonds. The van der Waals surface area contributed by atoms with E-state index >= 15 is 0 Å². The van der Waals surface area contributed by atoms with Gasteiger partial charge in [0.2, 0.25) is 0 Å². The molecule has 6 heteroatoms. The van der Waals surface area contributed by atoms with Crippen LogP contribution in [0.1, 0.15) is 28.8 Å². The van der Waals surface area contributed by atoms with Crippen molar-refractivity contribution in [2.45, 2.75) is 25.8 Å². The zero-order valence-corrected chi connectivity index (χ0v) is 17.7. The summed E-state index contributed by atoms with van der Waals surface area (Å²) in [6.07, 6.45) is 3.85. The molecule has 156 valence electrons. The summed E-state index contributed by atoms with van der Waals surface area (Å²) in [5.41, 5.74) is 3.98. The largest absolute Gasteiger partial charge is 0.337 e. The van der Waals surface area contributed by atoms with Crippen LogP contribution in [0.15, 0.2) is 54.7 Å². The number of likely N-dealkylation sites (N-methyl/N-ethyl adjacent to an activating group) is 1. The van der Waals surface area contributed by atoms with Gasteiger partial charge in [-0.25, -0.2) is 9.07 Å². The number of hydrogen-bond acceptors (Lipinski definition) is 3. The number of amides is 1. The van der Waals surface area contributed by atoms with E-state index in [0.29, 0.717) is 29.5 Å². The molecule has 0 radical (unpaired) electrons. The fraction of sp³-hybridized carbons (Fsp3) is 0.333. The Morgan fingerprint density at radius 3 is 2.47 bits per heavy atom. The van der Waals surface area contributed by atoms with Crippen LogP contribution in [0.25, 0.3) is 16.9 Å². The van der Waals surface area contributed by atoms with Gasteiger partial charge >= 0.3 is 0 Å². The standard InChI is InChI=1S/C24H27FN4O/c1-17-6-8-18(9-7-17)23-22(16-29(26-23)20-12-10-19(25)11-13-20)24(30)28-14-4-5-21(15-28)27(2)3/h6-13,16,21H,4-5,14-15H2,1-3H3. The highest BCUT2D eigenvalue weighted by Crippen LogP contribution is 2.27. The average Bonchev–Trinajstić information content (AvgIpc) is 3.19. The van der Waals surface area contributed by atoms with Crippen molar-refractivity contribution in [3.05, 3.63) is 71.7 Å². The summed E-state index contributed by atoms with van der Waals surface area (Å²) < 4.78 is 15.0. The monoisotopic (exact) mass is 406 g/mol. The topological polar surface area (TPSA) is 41.4 Å². The summed E-state index contributed by atoms with van der Waals surface area (Å²) in [5.74, 6) is -0.311. The maximum absolute atomic E-state index is 13.5. The summed E-state index contributed by atoms with van der Waals surface area (Å²) in [7, 11) is 4.12. The highest BCUT2D eigenvalue weighted by atomic mass is 19.1. The molecule has 0 saturated carbocycles. The lowest BCUT2D eigenvalue weighted by Gasteiger charge is -2.36. The first-order valence-corrected chi connectivity index (χ1v) is 10.3. The van der Waals surface area contributed by atoms with Crippen LogP contribution in [-0.2, 0) is 0 Å². The van der Waals surface area contributed by atoms with Gasteiger partial charge in [-0.15, -0.1) is 0 Å². The second-order valence-corrected chi connectivity index (χ2v) is 8.19. The second kappa shape index (κ2) is 8.40. The fourth-order valence-corrected chi connectivity index (χ4v) is 3.91. The van der Waals surface area contributed by atoms with Crippen molar-refractivity contribution < 1.29 is 9.18 Å². The van der Waals surface area contributed by atoms with Gasteiger partial charge in [0.1, 0.15) is 11.5 Å². The molecule has 0 spiro atoms. The molecule has 1 aromatic heterocycles. The molecular weight excluding hydrogens is 379 g/mol. The van der Waals surface area contributed by atoms with Crippen LogP contribution in [0.5, 0.6) is 0 Å². The molecule has 5 nitrogen and oxygen atoms in total. The van der Waals surface area contributed by atoms with Crippen molar-refractivity contribution in [3.63, 3.8) is 0 Å². The minimum atomic E-state index is -0.302. The number of likely N-dealkylation sites (tertiary alicyclic amines) is 1. The van der Waals surface area contributed by atoms with Gasteiger partial charge in [-0.1, -0.05) is 29.8 Å². The van der Waals surface area contributed by atoms with E-state index in [1.54, 1.807) is 23.0 Å². The van der Waals surface area contributed by atoms with Crippen molar-refractivity contribution in [2.24, 2.45) is 0 Å². The predicted octanol–water partition coefficient (Wildman–Crippen LogP) is 4.15. The molecular formula is C24H27FN4O. The number of carbonyl (C=O) groups is 1. The lowest BCUT2D eigenvalue weighted by Crippen LogP contribution is -2.47. The van der Waals surface area contributed by atoms with Gasteiger partial charge in [-0.2, -0.15) is 5.10 Å².